The van der Waals surface area contributed by atoms with Crippen LogP contribution in [0.4, 0.5) is 5.82 Å². The first-order valence-electron chi connectivity index (χ1n) is 7.58. The quantitative estimate of drug-likeness (QED) is 0.870. The van der Waals surface area contributed by atoms with Crippen molar-refractivity contribution in [3.8, 4) is 6.07 Å². The highest BCUT2D eigenvalue weighted by atomic mass is 16.1. The van der Waals surface area contributed by atoms with Crippen molar-refractivity contribution >= 4 is 5.82 Å². The van der Waals surface area contributed by atoms with Crippen LogP contribution in [0.15, 0.2) is 41.5 Å². The molecule has 2 heterocycles. The third-order valence-corrected chi connectivity index (χ3v) is 3.98. The van der Waals surface area contributed by atoms with E-state index >= 15 is 0 Å². The summed E-state index contributed by atoms with van der Waals surface area (Å²) in [5, 5.41) is 9.39. The molecule has 0 radical (unpaired) electrons. The molecule has 0 bridgehead atoms. The summed E-state index contributed by atoms with van der Waals surface area (Å²) in [5.41, 5.74) is 0.906. The molecule has 0 atom stereocenters. The minimum Gasteiger partial charge on any atom is -0.355 e. The van der Waals surface area contributed by atoms with Gasteiger partial charge < -0.3 is 4.90 Å². The number of nitriles is 1. The van der Waals surface area contributed by atoms with Gasteiger partial charge in [-0.1, -0.05) is 30.3 Å². The number of hydrogen-bond acceptors (Lipinski definition) is 4. The second-order valence-electron chi connectivity index (χ2n) is 5.52. The maximum absolute atomic E-state index is 12.5. The lowest BCUT2D eigenvalue weighted by molar-refractivity contribution is 0.570. The molecule has 0 unspecified atom stereocenters. The van der Waals surface area contributed by atoms with Gasteiger partial charge in [0.2, 0.25) is 0 Å². The van der Waals surface area contributed by atoms with Crippen LogP contribution in [0.5, 0.6) is 0 Å². The van der Waals surface area contributed by atoms with E-state index in [1.807, 2.05) is 36.4 Å². The Labute approximate surface area is 129 Å². The summed E-state index contributed by atoms with van der Waals surface area (Å²) in [7, 11) is 0. The number of piperidine rings is 1. The number of hydrogen-bond donors (Lipinski definition) is 0. The van der Waals surface area contributed by atoms with Crippen LogP contribution in [0, 0.1) is 11.3 Å². The SMILES string of the molecule is N#Cc1c(N2CCCCC2)ncn(Cc2ccccc2)c1=O. The van der Waals surface area contributed by atoms with Crippen molar-refractivity contribution in [2.45, 2.75) is 25.8 Å². The molecule has 112 valence electrons. The standard InChI is InChI=1S/C17H18N4O/c18-11-15-16(20-9-5-2-6-10-20)19-13-21(17(15)22)12-14-7-3-1-4-8-14/h1,3-4,7-8,13H,2,5-6,9-10,12H2. The summed E-state index contributed by atoms with van der Waals surface area (Å²) >= 11 is 0. The summed E-state index contributed by atoms with van der Waals surface area (Å²) in [6, 6.07) is 11.8. The average Bonchev–Trinajstić information content (AvgIpc) is 2.58. The molecule has 1 aliphatic rings. The molecule has 5 heteroatoms. The lowest BCUT2D eigenvalue weighted by Crippen LogP contribution is -2.34. The molecular weight excluding hydrogens is 276 g/mol. The summed E-state index contributed by atoms with van der Waals surface area (Å²) < 4.78 is 1.50. The summed E-state index contributed by atoms with van der Waals surface area (Å²) in [6.45, 7) is 2.16. The van der Waals surface area contributed by atoms with Crippen LogP contribution < -0.4 is 10.5 Å². The van der Waals surface area contributed by atoms with Gasteiger partial charge in [-0.25, -0.2) is 4.98 Å². The fourth-order valence-corrected chi connectivity index (χ4v) is 2.82. The van der Waals surface area contributed by atoms with Crippen molar-refractivity contribution in [3.63, 3.8) is 0 Å². The Morgan fingerprint density at radius 1 is 1.14 bits per heavy atom. The minimum absolute atomic E-state index is 0.153. The highest BCUT2D eigenvalue weighted by Crippen LogP contribution is 2.19. The van der Waals surface area contributed by atoms with Crippen molar-refractivity contribution in [2.24, 2.45) is 0 Å². The first kappa shape index (κ1) is 14.3. The molecule has 1 aliphatic heterocycles. The largest absolute Gasteiger partial charge is 0.355 e. The molecule has 1 aromatic carbocycles. The zero-order chi connectivity index (χ0) is 15.4. The fraction of sp³-hybridized carbons (Fsp3) is 0.353. The van der Waals surface area contributed by atoms with Crippen LogP contribution in [0.2, 0.25) is 0 Å². The maximum atomic E-state index is 12.5. The predicted octanol–water partition coefficient (Wildman–Crippen LogP) is 2.15. The van der Waals surface area contributed by atoms with Crippen LogP contribution in [0.1, 0.15) is 30.4 Å². The molecule has 2 aromatic rings. The van der Waals surface area contributed by atoms with Gasteiger partial charge in [-0.3, -0.25) is 9.36 Å². The van der Waals surface area contributed by atoms with Gasteiger partial charge in [-0.15, -0.1) is 0 Å². The molecule has 0 amide bonds. The van der Waals surface area contributed by atoms with E-state index in [2.05, 4.69) is 9.88 Å². The number of anilines is 1. The zero-order valence-corrected chi connectivity index (χ0v) is 12.4. The van der Waals surface area contributed by atoms with Crippen LogP contribution >= 0.6 is 0 Å². The van der Waals surface area contributed by atoms with Gasteiger partial charge >= 0.3 is 0 Å². The molecule has 3 rings (SSSR count). The van der Waals surface area contributed by atoms with E-state index in [0.29, 0.717) is 12.4 Å². The second-order valence-corrected chi connectivity index (χ2v) is 5.52. The lowest BCUT2D eigenvalue weighted by Gasteiger charge is -2.28. The first-order chi connectivity index (χ1) is 10.8. The molecule has 1 aromatic heterocycles. The van der Waals surface area contributed by atoms with E-state index in [4.69, 9.17) is 0 Å². The molecule has 5 nitrogen and oxygen atoms in total. The van der Waals surface area contributed by atoms with Crippen molar-refractivity contribution in [2.75, 3.05) is 18.0 Å². The summed E-state index contributed by atoms with van der Waals surface area (Å²) in [4.78, 5) is 19.0. The van der Waals surface area contributed by atoms with Gasteiger partial charge in [0, 0.05) is 13.1 Å². The van der Waals surface area contributed by atoms with E-state index in [-0.39, 0.29) is 11.1 Å². The lowest BCUT2D eigenvalue weighted by atomic mass is 10.1. The van der Waals surface area contributed by atoms with Crippen LogP contribution in [0.3, 0.4) is 0 Å². The van der Waals surface area contributed by atoms with Crippen molar-refractivity contribution in [1.29, 1.82) is 5.26 Å². The third-order valence-electron chi connectivity index (χ3n) is 3.98. The van der Waals surface area contributed by atoms with E-state index in [1.165, 1.54) is 11.0 Å². The Morgan fingerprint density at radius 3 is 2.55 bits per heavy atom. The highest BCUT2D eigenvalue weighted by molar-refractivity contribution is 5.52. The van der Waals surface area contributed by atoms with Crippen LogP contribution in [-0.2, 0) is 6.54 Å². The predicted molar refractivity (Wildman–Crippen MR) is 84.8 cm³/mol. The fourth-order valence-electron chi connectivity index (χ4n) is 2.82. The molecular formula is C17H18N4O. The Hall–Kier alpha value is -2.61. The van der Waals surface area contributed by atoms with Crippen LogP contribution in [0.25, 0.3) is 0 Å². The summed E-state index contributed by atoms with van der Waals surface area (Å²) in [5.74, 6) is 0.538. The Bertz CT molecular complexity index is 739. The molecule has 0 N–H and O–H groups in total. The Kier molecular flexibility index (Phi) is 4.19. The number of aromatic nitrogens is 2. The van der Waals surface area contributed by atoms with Crippen molar-refractivity contribution in [1.82, 2.24) is 9.55 Å². The van der Waals surface area contributed by atoms with Gasteiger partial charge in [0.1, 0.15) is 12.4 Å². The number of nitrogens with zero attached hydrogens (tertiary/aromatic N) is 4. The zero-order valence-electron chi connectivity index (χ0n) is 12.4. The maximum Gasteiger partial charge on any atom is 0.273 e. The normalized spacial score (nSPS) is 14.6. The van der Waals surface area contributed by atoms with E-state index in [9.17, 15) is 10.1 Å². The van der Waals surface area contributed by atoms with E-state index in [0.717, 1.165) is 31.5 Å². The molecule has 1 fully saturated rings. The smallest absolute Gasteiger partial charge is 0.273 e. The van der Waals surface area contributed by atoms with Gasteiger partial charge in [-0.2, -0.15) is 5.26 Å². The molecule has 1 saturated heterocycles. The van der Waals surface area contributed by atoms with Gasteiger partial charge in [0.15, 0.2) is 11.4 Å². The average molecular weight is 294 g/mol. The third kappa shape index (κ3) is 2.86. The van der Waals surface area contributed by atoms with E-state index in [1.54, 1.807) is 6.33 Å². The molecule has 22 heavy (non-hydrogen) atoms. The molecule has 0 saturated carbocycles. The number of benzene rings is 1. The van der Waals surface area contributed by atoms with E-state index < -0.39 is 0 Å². The Morgan fingerprint density at radius 2 is 1.86 bits per heavy atom. The van der Waals surface area contributed by atoms with Gasteiger partial charge in [-0.05, 0) is 24.8 Å². The Balaban J connectivity index is 1.94. The molecule has 0 spiro atoms. The van der Waals surface area contributed by atoms with Crippen molar-refractivity contribution < 1.29 is 0 Å². The topological polar surface area (TPSA) is 61.9 Å². The van der Waals surface area contributed by atoms with Gasteiger partial charge in [0.25, 0.3) is 5.56 Å². The number of rotatable bonds is 3. The molecule has 0 aliphatic carbocycles. The van der Waals surface area contributed by atoms with Gasteiger partial charge in [0.05, 0.1) is 6.54 Å². The summed E-state index contributed by atoms with van der Waals surface area (Å²) in [6.07, 6.45) is 4.92. The van der Waals surface area contributed by atoms with Crippen LogP contribution in [-0.4, -0.2) is 22.6 Å². The monoisotopic (exact) mass is 294 g/mol. The highest BCUT2D eigenvalue weighted by Gasteiger charge is 2.19. The van der Waals surface area contributed by atoms with Crippen molar-refractivity contribution in [3.05, 3.63) is 58.1 Å². The second kappa shape index (κ2) is 6.44. The minimum atomic E-state index is -0.262. The first-order valence-corrected chi connectivity index (χ1v) is 7.58.